The van der Waals surface area contributed by atoms with Crippen LogP contribution in [0.2, 0.25) is 0 Å². The van der Waals surface area contributed by atoms with Gasteiger partial charge >= 0.3 is 0 Å². The molecule has 1 aliphatic rings. The van der Waals surface area contributed by atoms with Crippen molar-refractivity contribution in [3.8, 4) is 5.75 Å². The lowest BCUT2D eigenvalue weighted by atomic mass is 10.1. The molecule has 0 saturated heterocycles. The summed E-state index contributed by atoms with van der Waals surface area (Å²) in [6.07, 6.45) is 3.65. The maximum absolute atomic E-state index is 10.3. The molecule has 2 rings (SSSR count). The number of ether oxygens (including phenoxy) is 1. The van der Waals surface area contributed by atoms with Crippen LogP contribution in [0.25, 0.3) is 0 Å². The molecule has 20 heavy (non-hydrogen) atoms. The lowest BCUT2D eigenvalue weighted by Crippen LogP contribution is -2.30. The van der Waals surface area contributed by atoms with Gasteiger partial charge in [0, 0.05) is 12.6 Å². The minimum absolute atomic E-state index is 0.152. The Morgan fingerprint density at radius 2 is 2.05 bits per heavy atom. The van der Waals surface area contributed by atoms with E-state index in [0.29, 0.717) is 12.6 Å². The van der Waals surface area contributed by atoms with Gasteiger partial charge in [0.15, 0.2) is 0 Å². The summed E-state index contributed by atoms with van der Waals surface area (Å²) in [4.78, 5) is 0. The average molecular weight is 277 g/mol. The topological polar surface area (TPSA) is 41.5 Å². The van der Waals surface area contributed by atoms with Gasteiger partial charge in [-0.2, -0.15) is 0 Å². The number of rotatable bonds is 8. The van der Waals surface area contributed by atoms with Gasteiger partial charge in [-0.3, -0.25) is 0 Å². The standard InChI is InChI=1S/C17H27NO2/c1-12(2)20-16-6-4-5-15(10-16)17(19)11-18-13(3)9-14-7-8-14/h4-6,10,12-14,17-19H,7-9,11H2,1-3H3. The molecular weight excluding hydrogens is 250 g/mol. The van der Waals surface area contributed by atoms with Crippen molar-refractivity contribution < 1.29 is 9.84 Å². The van der Waals surface area contributed by atoms with Crippen LogP contribution in [-0.4, -0.2) is 23.8 Å². The van der Waals surface area contributed by atoms with Crippen molar-refractivity contribution in [1.29, 1.82) is 0 Å². The molecule has 0 heterocycles. The molecule has 0 spiro atoms. The predicted octanol–water partition coefficient (Wildman–Crippen LogP) is 3.29. The van der Waals surface area contributed by atoms with E-state index in [-0.39, 0.29) is 6.10 Å². The molecular formula is C17H27NO2. The summed E-state index contributed by atoms with van der Waals surface area (Å²) in [6.45, 7) is 6.80. The van der Waals surface area contributed by atoms with E-state index in [9.17, 15) is 5.11 Å². The second-order valence-electron chi connectivity index (χ2n) is 6.24. The number of aliphatic hydroxyl groups excluding tert-OH is 1. The summed E-state index contributed by atoms with van der Waals surface area (Å²) in [5.74, 6) is 1.74. The Hall–Kier alpha value is -1.06. The fourth-order valence-corrected chi connectivity index (χ4v) is 2.43. The number of aliphatic hydroxyl groups is 1. The van der Waals surface area contributed by atoms with Gasteiger partial charge in [-0.05, 0) is 50.8 Å². The fraction of sp³-hybridized carbons (Fsp3) is 0.647. The molecule has 3 nitrogen and oxygen atoms in total. The Labute approximate surface area is 122 Å². The van der Waals surface area contributed by atoms with Crippen LogP contribution in [-0.2, 0) is 0 Å². The molecule has 0 aliphatic heterocycles. The molecule has 1 aromatic rings. The molecule has 0 bridgehead atoms. The summed E-state index contributed by atoms with van der Waals surface area (Å²) in [7, 11) is 0. The van der Waals surface area contributed by atoms with Crippen LogP contribution in [0.5, 0.6) is 5.75 Å². The summed E-state index contributed by atoms with van der Waals surface area (Å²) < 4.78 is 5.66. The van der Waals surface area contributed by atoms with E-state index in [1.807, 2.05) is 38.1 Å². The van der Waals surface area contributed by atoms with Crippen LogP contribution in [0.3, 0.4) is 0 Å². The van der Waals surface area contributed by atoms with Crippen LogP contribution in [0.4, 0.5) is 0 Å². The third-order valence-electron chi connectivity index (χ3n) is 3.66. The molecule has 2 unspecified atom stereocenters. The second-order valence-corrected chi connectivity index (χ2v) is 6.24. The number of hydrogen-bond acceptors (Lipinski definition) is 3. The Morgan fingerprint density at radius 1 is 1.30 bits per heavy atom. The van der Waals surface area contributed by atoms with E-state index >= 15 is 0 Å². The first-order chi connectivity index (χ1) is 9.54. The van der Waals surface area contributed by atoms with Gasteiger partial charge in [0.25, 0.3) is 0 Å². The van der Waals surface area contributed by atoms with Gasteiger partial charge in [-0.15, -0.1) is 0 Å². The maximum Gasteiger partial charge on any atom is 0.120 e. The molecule has 112 valence electrons. The molecule has 1 aliphatic carbocycles. The summed E-state index contributed by atoms with van der Waals surface area (Å²) in [5, 5.41) is 13.7. The van der Waals surface area contributed by atoms with Crippen LogP contribution < -0.4 is 10.1 Å². The SMILES string of the molecule is CC(CC1CC1)NCC(O)c1cccc(OC(C)C)c1. The minimum atomic E-state index is -0.479. The lowest BCUT2D eigenvalue weighted by Gasteiger charge is -2.18. The Kier molecular flexibility index (Phi) is 5.44. The quantitative estimate of drug-likeness (QED) is 0.766. The zero-order chi connectivity index (χ0) is 14.5. The van der Waals surface area contributed by atoms with Gasteiger partial charge in [-0.1, -0.05) is 25.0 Å². The average Bonchev–Trinajstić information content (AvgIpc) is 3.19. The summed E-state index contributed by atoms with van der Waals surface area (Å²) in [6, 6.07) is 8.22. The fourth-order valence-electron chi connectivity index (χ4n) is 2.43. The maximum atomic E-state index is 10.3. The summed E-state index contributed by atoms with van der Waals surface area (Å²) >= 11 is 0. The molecule has 1 saturated carbocycles. The zero-order valence-electron chi connectivity index (χ0n) is 12.8. The van der Waals surface area contributed by atoms with Crippen LogP contribution in [0.15, 0.2) is 24.3 Å². The Morgan fingerprint density at radius 3 is 2.70 bits per heavy atom. The normalized spacial score (nSPS) is 18.1. The Balaban J connectivity index is 1.82. The van der Waals surface area contributed by atoms with Crippen LogP contribution >= 0.6 is 0 Å². The highest BCUT2D eigenvalue weighted by atomic mass is 16.5. The monoisotopic (exact) mass is 277 g/mol. The van der Waals surface area contributed by atoms with E-state index in [2.05, 4.69) is 12.2 Å². The van der Waals surface area contributed by atoms with Gasteiger partial charge in [-0.25, -0.2) is 0 Å². The van der Waals surface area contributed by atoms with Gasteiger partial charge < -0.3 is 15.2 Å². The molecule has 1 aromatic carbocycles. The van der Waals surface area contributed by atoms with Crippen molar-refractivity contribution in [2.45, 2.75) is 58.3 Å². The largest absolute Gasteiger partial charge is 0.491 e. The minimum Gasteiger partial charge on any atom is -0.491 e. The van der Waals surface area contributed by atoms with E-state index in [4.69, 9.17) is 4.74 Å². The van der Waals surface area contributed by atoms with Crippen molar-refractivity contribution >= 4 is 0 Å². The molecule has 2 atom stereocenters. The third-order valence-corrected chi connectivity index (χ3v) is 3.66. The highest BCUT2D eigenvalue weighted by Crippen LogP contribution is 2.33. The molecule has 3 heteroatoms. The van der Waals surface area contributed by atoms with E-state index in [0.717, 1.165) is 17.2 Å². The van der Waals surface area contributed by atoms with Crippen molar-refractivity contribution in [1.82, 2.24) is 5.32 Å². The van der Waals surface area contributed by atoms with Gasteiger partial charge in [0.05, 0.1) is 12.2 Å². The van der Waals surface area contributed by atoms with Crippen molar-refractivity contribution in [3.63, 3.8) is 0 Å². The highest BCUT2D eigenvalue weighted by molar-refractivity contribution is 5.30. The Bertz CT molecular complexity index is 415. The highest BCUT2D eigenvalue weighted by Gasteiger charge is 2.23. The van der Waals surface area contributed by atoms with Gasteiger partial charge in [0.1, 0.15) is 5.75 Å². The number of nitrogens with one attached hydrogen (secondary N) is 1. The van der Waals surface area contributed by atoms with Crippen molar-refractivity contribution in [2.75, 3.05) is 6.54 Å². The summed E-state index contributed by atoms with van der Waals surface area (Å²) in [5.41, 5.74) is 0.911. The second kappa shape index (κ2) is 7.09. The molecule has 0 radical (unpaired) electrons. The first kappa shape index (κ1) is 15.3. The molecule has 2 N–H and O–H groups in total. The van der Waals surface area contributed by atoms with Crippen LogP contribution in [0.1, 0.15) is 51.7 Å². The number of benzene rings is 1. The number of hydrogen-bond donors (Lipinski definition) is 2. The predicted molar refractivity (Wildman–Crippen MR) is 82.0 cm³/mol. The lowest BCUT2D eigenvalue weighted by molar-refractivity contribution is 0.168. The van der Waals surface area contributed by atoms with E-state index in [1.165, 1.54) is 19.3 Å². The van der Waals surface area contributed by atoms with E-state index in [1.54, 1.807) is 0 Å². The smallest absolute Gasteiger partial charge is 0.120 e. The molecule has 0 amide bonds. The van der Waals surface area contributed by atoms with Gasteiger partial charge in [0.2, 0.25) is 0 Å². The zero-order valence-corrected chi connectivity index (χ0v) is 12.8. The van der Waals surface area contributed by atoms with Crippen molar-refractivity contribution in [2.24, 2.45) is 5.92 Å². The van der Waals surface area contributed by atoms with Crippen molar-refractivity contribution in [3.05, 3.63) is 29.8 Å². The first-order valence-corrected chi connectivity index (χ1v) is 7.72. The van der Waals surface area contributed by atoms with Crippen LogP contribution in [0, 0.1) is 5.92 Å². The third kappa shape index (κ3) is 5.14. The molecule has 1 fully saturated rings. The first-order valence-electron chi connectivity index (χ1n) is 7.72. The molecule has 0 aromatic heterocycles. The van der Waals surface area contributed by atoms with E-state index < -0.39 is 6.10 Å².